The largest absolute Gasteiger partial charge is 0.469 e. The van der Waals surface area contributed by atoms with Gasteiger partial charge in [-0.2, -0.15) is 5.10 Å². The number of nitrogens with zero attached hydrogens (tertiary/aromatic N) is 1. The predicted molar refractivity (Wildman–Crippen MR) is 112 cm³/mol. The average molecular weight is 405 g/mol. The molecule has 1 rings (SSSR count). The zero-order valence-corrected chi connectivity index (χ0v) is 17.6. The van der Waals surface area contributed by atoms with Crippen molar-refractivity contribution in [2.45, 2.75) is 64.9 Å². The molecule has 0 radical (unpaired) electrons. The summed E-state index contributed by atoms with van der Waals surface area (Å²) in [5.74, 6) is -0.358. The average Bonchev–Trinajstić information content (AvgIpc) is 2.64. The summed E-state index contributed by atoms with van der Waals surface area (Å²) in [6.45, 7) is 5.39. The third kappa shape index (κ3) is 12.2. The highest BCUT2D eigenvalue weighted by atomic mass is 16.6. The lowest BCUT2D eigenvalue weighted by Crippen LogP contribution is -2.27. The normalized spacial score (nSPS) is 11.2. The molecule has 8 nitrogen and oxygen atoms in total. The van der Waals surface area contributed by atoms with Gasteiger partial charge in [0.15, 0.2) is 0 Å². The van der Waals surface area contributed by atoms with Crippen LogP contribution in [0.1, 0.15) is 64.9 Å². The second-order valence-electron chi connectivity index (χ2n) is 7.53. The first kappa shape index (κ1) is 24.1. The van der Waals surface area contributed by atoms with Crippen molar-refractivity contribution in [2.75, 3.05) is 12.4 Å². The Morgan fingerprint density at radius 3 is 2.21 bits per heavy atom. The van der Waals surface area contributed by atoms with Crippen LogP contribution in [0.15, 0.2) is 29.4 Å². The summed E-state index contributed by atoms with van der Waals surface area (Å²) in [7, 11) is 1.38. The number of methoxy groups -OCH3 is 1. The number of ether oxygens (including phenoxy) is 2. The van der Waals surface area contributed by atoms with E-state index in [2.05, 4.69) is 20.6 Å². The summed E-state index contributed by atoms with van der Waals surface area (Å²) < 4.78 is 9.76. The van der Waals surface area contributed by atoms with E-state index in [0.29, 0.717) is 18.5 Å². The Bertz CT molecular complexity index is 693. The Labute approximate surface area is 172 Å². The molecule has 0 fully saturated rings. The number of unbranched alkanes of at least 4 members (excludes halogenated alkanes) is 3. The van der Waals surface area contributed by atoms with E-state index in [1.165, 1.54) is 13.3 Å². The number of rotatable bonds is 10. The smallest absolute Gasteiger partial charge is 0.412 e. The molecule has 8 heteroatoms. The SMILES string of the molecule is COC(=O)CCCCCCC(=O)N/N=C/c1ccc(NC(=O)OC(C)(C)C)cc1. The number of esters is 1. The molecule has 0 saturated carbocycles. The fraction of sp³-hybridized carbons (Fsp3) is 0.524. The Hall–Kier alpha value is -2.90. The summed E-state index contributed by atoms with van der Waals surface area (Å²) in [5, 5.41) is 6.58. The molecule has 0 aromatic heterocycles. The Morgan fingerprint density at radius 1 is 1.00 bits per heavy atom. The van der Waals surface area contributed by atoms with Gasteiger partial charge in [-0.1, -0.05) is 25.0 Å². The van der Waals surface area contributed by atoms with Gasteiger partial charge in [-0.15, -0.1) is 0 Å². The molecule has 0 saturated heterocycles. The van der Waals surface area contributed by atoms with Crippen LogP contribution >= 0.6 is 0 Å². The molecule has 0 atom stereocenters. The van der Waals surface area contributed by atoms with Gasteiger partial charge in [-0.05, 0) is 51.3 Å². The summed E-state index contributed by atoms with van der Waals surface area (Å²) >= 11 is 0. The number of benzene rings is 1. The third-order valence-electron chi connectivity index (χ3n) is 3.72. The van der Waals surface area contributed by atoms with Crippen molar-refractivity contribution in [1.82, 2.24) is 5.43 Å². The molecular weight excluding hydrogens is 374 g/mol. The van der Waals surface area contributed by atoms with Crippen molar-refractivity contribution >= 4 is 29.9 Å². The zero-order chi connectivity index (χ0) is 21.7. The monoisotopic (exact) mass is 405 g/mol. The number of hydrogen-bond acceptors (Lipinski definition) is 6. The van der Waals surface area contributed by atoms with Crippen molar-refractivity contribution < 1.29 is 23.9 Å². The lowest BCUT2D eigenvalue weighted by Gasteiger charge is -2.19. The van der Waals surface area contributed by atoms with E-state index in [4.69, 9.17) is 4.74 Å². The highest BCUT2D eigenvalue weighted by Crippen LogP contribution is 2.12. The minimum absolute atomic E-state index is 0.155. The van der Waals surface area contributed by atoms with Crippen molar-refractivity contribution in [3.63, 3.8) is 0 Å². The zero-order valence-electron chi connectivity index (χ0n) is 17.6. The quantitative estimate of drug-likeness (QED) is 0.265. The molecule has 0 unspecified atom stereocenters. The molecule has 1 aromatic carbocycles. The van der Waals surface area contributed by atoms with E-state index in [1.807, 2.05) is 0 Å². The lowest BCUT2D eigenvalue weighted by molar-refractivity contribution is -0.140. The van der Waals surface area contributed by atoms with Crippen LogP contribution < -0.4 is 10.7 Å². The van der Waals surface area contributed by atoms with E-state index in [-0.39, 0.29) is 11.9 Å². The Morgan fingerprint density at radius 2 is 1.62 bits per heavy atom. The van der Waals surface area contributed by atoms with Crippen LogP contribution in [-0.2, 0) is 19.1 Å². The highest BCUT2D eigenvalue weighted by Gasteiger charge is 2.15. The first-order valence-corrected chi connectivity index (χ1v) is 9.68. The topological polar surface area (TPSA) is 106 Å². The van der Waals surface area contributed by atoms with Crippen LogP contribution in [0.25, 0.3) is 0 Å². The number of anilines is 1. The van der Waals surface area contributed by atoms with Crippen molar-refractivity contribution in [3.05, 3.63) is 29.8 Å². The fourth-order valence-electron chi connectivity index (χ4n) is 2.32. The number of carbonyl (C=O) groups excluding carboxylic acids is 3. The van der Waals surface area contributed by atoms with E-state index < -0.39 is 11.7 Å². The number of hydrazone groups is 1. The highest BCUT2D eigenvalue weighted by molar-refractivity contribution is 5.87. The summed E-state index contributed by atoms with van der Waals surface area (Å²) in [5.41, 5.74) is 3.32. The van der Waals surface area contributed by atoms with Crippen LogP contribution in [0, 0.1) is 0 Å². The standard InChI is InChI=1S/C21H31N3O5/c1-21(2,3)29-20(27)23-17-13-11-16(12-14-17)15-22-24-18(25)9-7-5-6-8-10-19(26)28-4/h11-15H,5-10H2,1-4H3,(H,23,27)(H,24,25)/b22-15+. The molecule has 2 N–H and O–H groups in total. The molecule has 0 aliphatic heterocycles. The van der Waals surface area contributed by atoms with Gasteiger partial charge in [0.2, 0.25) is 5.91 Å². The van der Waals surface area contributed by atoms with Gasteiger partial charge in [-0.25, -0.2) is 10.2 Å². The maximum atomic E-state index is 11.7. The molecule has 0 spiro atoms. The second-order valence-corrected chi connectivity index (χ2v) is 7.53. The fourth-order valence-corrected chi connectivity index (χ4v) is 2.32. The molecule has 160 valence electrons. The van der Waals surface area contributed by atoms with Gasteiger partial charge in [0.25, 0.3) is 0 Å². The van der Waals surface area contributed by atoms with Crippen LogP contribution in [0.4, 0.5) is 10.5 Å². The molecule has 29 heavy (non-hydrogen) atoms. The summed E-state index contributed by atoms with van der Waals surface area (Å²) in [6, 6.07) is 6.98. The van der Waals surface area contributed by atoms with E-state index in [9.17, 15) is 14.4 Å². The van der Waals surface area contributed by atoms with Gasteiger partial charge < -0.3 is 9.47 Å². The molecule has 0 aliphatic carbocycles. The maximum Gasteiger partial charge on any atom is 0.412 e. The maximum absolute atomic E-state index is 11.7. The Balaban J connectivity index is 2.25. The number of amides is 2. The van der Waals surface area contributed by atoms with Crippen molar-refractivity contribution in [1.29, 1.82) is 0 Å². The molecule has 1 aromatic rings. The first-order chi connectivity index (χ1) is 13.7. The minimum Gasteiger partial charge on any atom is -0.469 e. The second kappa shape index (κ2) is 12.5. The molecule has 2 amide bonds. The number of nitrogens with one attached hydrogen (secondary N) is 2. The minimum atomic E-state index is -0.558. The molecule has 0 aliphatic rings. The molecule has 0 heterocycles. The first-order valence-electron chi connectivity index (χ1n) is 9.68. The summed E-state index contributed by atoms with van der Waals surface area (Å²) in [6.07, 6.45) is 5.09. The molecule has 0 bridgehead atoms. The van der Waals surface area contributed by atoms with Gasteiger partial charge in [0.05, 0.1) is 13.3 Å². The van der Waals surface area contributed by atoms with Crippen molar-refractivity contribution in [2.24, 2.45) is 5.10 Å². The summed E-state index contributed by atoms with van der Waals surface area (Å²) in [4.78, 5) is 34.4. The predicted octanol–water partition coefficient (Wildman–Crippen LogP) is 4.00. The third-order valence-corrected chi connectivity index (χ3v) is 3.72. The Kier molecular flexibility index (Phi) is 10.4. The lowest BCUT2D eigenvalue weighted by atomic mass is 10.1. The van der Waals surface area contributed by atoms with E-state index in [1.54, 1.807) is 45.0 Å². The number of hydrogen-bond donors (Lipinski definition) is 2. The van der Waals surface area contributed by atoms with Gasteiger partial charge in [0, 0.05) is 18.5 Å². The van der Waals surface area contributed by atoms with Crippen LogP contribution in [0.3, 0.4) is 0 Å². The number of carbonyl (C=O) groups is 3. The van der Waals surface area contributed by atoms with Gasteiger partial charge >= 0.3 is 12.1 Å². The van der Waals surface area contributed by atoms with Crippen LogP contribution in [-0.4, -0.2) is 36.9 Å². The van der Waals surface area contributed by atoms with Crippen LogP contribution in [0.2, 0.25) is 0 Å². The van der Waals surface area contributed by atoms with Crippen LogP contribution in [0.5, 0.6) is 0 Å². The van der Waals surface area contributed by atoms with E-state index in [0.717, 1.165) is 31.2 Å². The molecular formula is C21H31N3O5. The van der Waals surface area contributed by atoms with Crippen molar-refractivity contribution in [3.8, 4) is 0 Å². The van der Waals surface area contributed by atoms with E-state index >= 15 is 0 Å². The van der Waals surface area contributed by atoms with Gasteiger partial charge in [0.1, 0.15) is 5.60 Å². The van der Waals surface area contributed by atoms with Gasteiger partial charge in [-0.3, -0.25) is 14.9 Å².